The summed E-state index contributed by atoms with van der Waals surface area (Å²) in [5, 5.41) is 3.97. The van der Waals surface area contributed by atoms with Gasteiger partial charge in [-0.25, -0.2) is 8.42 Å². The zero-order chi connectivity index (χ0) is 21.4. The highest BCUT2D eigenvalue weighted by Crippen LogP contribution is 2.29. The first kappa shape index (κ1) is 20.2. The number of benzene rings is 2. The number of para-hydroxylation sites is 1. The van der Waals surface area contributed by atoms with Crippen LogP contribution in [0.15, 0.2) is 59.6 Å². The molecule has 1 saturated heterocycles. The van der Waals surface area contributed by atoms with Crippen molar-refractivity contribution >= 4 is 32.5 Å². The summed E-state index contributed by atoms with van der Waals surface area (Å²) in [6, 6.07) is 15.0. The van der Waals surface area contributed by atoms with Gasteiger partial charge in [0, 0.05) is 30.6 Å². The van der Waals surface area contributed by atoms with Crippen LogP contribution < -0.4 is 5.32 Å². The van der Waals surface area contributed by atoms with E-state index in [9.17, 15) is 13.2 Å². The van der Waals surface area contributed by atoms with Crippen molar-refractivity contribution in [3.05, 3.63) is 65.9 Å². The molecular formula is C24H25N3O3S. The van der Waals surface area contributed by atoms with Crippen molar-refractivity contribution in [2.75, 3.05) is 18.4 Å². The Morgan fingerprint density at radius 3 is 2.61 bits per heavy atom. The van der Waals surface area contributed by atoms with Crippen molar-refractivity contribution in [2.24, 2.45) is 5.92 Å². The van der Waals surface area contributed by atoms with Crippen LogP contribution in [0.4, 0.5) is 5.69 Å². The van der Waals surface area contributed by atoms with Crippen molar-refractivity contribution in [1.29, 1.82) is 0 Å². The standard InChI is InChI=1S/C24H25N3O3S/c28-24(26-22-8-2-5-18-7-3-13-25-23(18)22)19-11-14-27(15-12-19)31(29,30)21-10-9-17-4-1-6-20(17)16-21/h2-3,5,7-10,13,16,19H,1,4,6,11-12,14-15H2,(H,26,28). The molecular weight excluding hydrogens is 410 g/mol. The number of rotatable bonds is 4. The molecule has 0 radical (unpaired) electrons. The largest absolute Gasteiger partial charge is 0.324 e. The lowest BCUT2D eigenvalue weighted by molar-refractivity contribution is -0.120. The number of carbonyl (C=O) groups excluding carboxylic acids is 1. The van der Waals surface area contributed by atoms with Crippen LogP contribution in [-0.4, -0.2) is 36.7 Å². The molecule has 2 heterocycles. The number of pyridine rings is 1. The summed E-state index contributed by atoms with van der Waals surface area (Å²) in [6.07, 6.45) is 5.79. The second-order valence-electron chi connectivity index (χ2n) is 8.33. The topological polar surface area (TPSA) is 79.4 Å². The summed E-state index contributed by atoms with van der Waals surface area (Å²) in [7, 11) is -3.53. The zero-order valence-electron chi connectivity index (χ0n) is 17.3. The van der Waals surface area contributed by atoms with Gasteiger partial charge >= 0.3 is 0 Å². The number of aromatic nitrogens is 1. The van der Waals surface area contributed by atoms with Gasteiger partial charge in [-0.1, -0.05) is 24.3 Å². The van der Waals surface area contributed by atoms with Gasteiger partial charge in [0.15, 0.2) is 0 Å². The summed E-state index contributed by atoms with van der Waals surface area (Å²) in [4.78, 5) is 17.6. The Morgan fingerprint density at radius 1 is 1.00 bits per heavy atom. The maximum absolute atomic E-state index is 13.1. The lowest BCUT2D eigenvalue weighted by Gasteiger charge is -2.30. The van der Waals surface area contributed by atoms with Gasteiger partial charge in [0.05, 0.1) is 16.1 Å². The van der Waals surface area contributed by atoms with Gasteiger partial charge in [-0.2, -0.15) is 4.31 Å². The van der Waals surface area contributed by atoms with Gasteiger partial charge in [-0.3, -0.25) is 9.78 Å². The van der Waals surface area contributed by atoms with Crippen LogP contribution in [0.2, 0.25) is 0 Å². The van der Waals surface area contributed by atoms with Crippen LogP contribution in [-0.2, 0) is 27.7 Å². The molecule has 1 aromatic heterocycles. The molecule has 1 fully saturated rings. The average molecular weight is 436 g/mol. The first-order valence-electron chi connectivity index (χ1n) is 10.8. The molecule has 160 valence electrons. The Bertz CT molecular complexity index is 1240. The van der Waals surface area contributed by atoms with Gasteiger partial charge < -0.3 is 5.32 Å². The lowest BCUT2D eigenvalue weighted by atomic mass is 9.97. The normalized spacial score (nSPS) is 17.5. The van der Waals surface area contributed by atoms with Gasteiger partial charge in [-0.05, 0) is 67.5 Å². The van der Waals surface area contributed by atoms with Crippen molar-refractivity contribution in [2.45, 2.75) is 37.0 Å². The number of carbonyl (C=O) groups is 1. The van der Waals surface area contributed by atoms with E-state index in [1.54, 1.807) is 12.3 Å². The fraction of sp³-hybridized carbons (Fsp3) is 0.333. The van der Waals surface area contributed by atoms with Crippen LogP contribution in [0, 0.1) is 5.92 Å². The van der Waals surface area contributed by atoms with E-state index in [-0.39, 0.29) is 11.8 Å². The number of nitrogens with zero attached hydrogens (tertiary/aromatic N) is 2. The predicted octanol–water partition coefficient (Wildman–Crippen LogP) is 3.76. The summed E-state index contributed by atoms with van der Waals surface area (Å²) in [5.41, 5.74) is 3.86. The fourth-order valence-corrected chi connectivity index (χ4v) is 6.18. The number of hydrogen-bond acceptors (Lipinski definition) is 4. The Kier molecular flexibility index (Phi) is 5.24. The molecule has 6 nitrogen and oxygen atoms in total. The maximum atomic E-state index is 13.1. The number of hydrogen-bond donors (Lipinski definition) is 1. The molecule has 0 unspecified atom stereocenters. The second-order valence-corrected chi connectivity index (χ2v) is 10.3. The molecule has 1 aliphatic heterocycles. The van der Waals surface area contributed by atoms with E-state index in [1.807, 2.05) is 42.5 Å². The molecule has 0 atom stereocenters. The van der Waals surface area contributed by atoms with E-state index in [0.29, 0.717) is 36.5 Å². The predicted molar refractivity (Wildman–Crippen MR) is 120 cm³/mol. The van der Waals surface area contributed by atoms with E-state index in [0.717, 1.165) is 35.7 Å². The Morgan fingerprint density at radius 2 is 1.77 bits per heavy atom. The smallest absolute Gasteiger partial charge is 0.243 e. The molecule has 0 bridgehead atoms. The van der Waals surface area contributed by atoms with Crippen molar-refractivity contribution < 1.29 is 13.2 Å². The van der Waals surface area contributed by atoms with Crippen LogP contribution >= 0.6 is 0 Å². The number of amides is 1. The van der Waals surface area contributed by atoms with Gasteiger partial charge in [0.1, 0.15) is 0 Å². The zero-order valence-corrected chi connectivity index (χ0v) is 18.1. The SMILES string of the molecule is O=C(Nc1cccc2cccnc12)C1CCN(S(=O)(=O)c2ccc3c(c2)CCC3)CC1. The Hall–Kier alpha value is -2.77. The van der Waals surface area contributed by atoms with Crippen LogP contribution in [0.3, 0.4) is 0 Å². The molecule has 2 aliphatic rings. The highest BCUT2D eigenvalue weighted by Gasteiger charge is 2.32. The highest BCUT2D eigenvalue weighted by molar-refractivity contribution is 7.89. The minimum atomic E-state index is -3.53. The van der Waals surface area contributed by atoms with E-state index in [1.165, 1.54) is 9.87 Å². The van der Waals surface area contributed by atoms with Gasteiger partial charge in [-0.15, -0.1) is 0 Å². The fourth-order valence-electron chi connectivity index (χ4n) is 4.66. The lowest BCUT2D eigenvalue weighted by Crippen LogP contribution is -2.41. The first-order chi connectivity index (χ1) is 15.0. The van der Waals surface area contributed by atoms with Gasteiger partial charge in [0.2, 0.25) is 15.9 Å². The molecule has 1 amide bonds. The van der Waals surface area contributed by atoms with Gasteiger partial charge in [0.25, 0.3) is 0 Å². The van der Waals surface area contributed by atoms with E-state index < -0.39 is 10.0 Å². The average Bonchev–Trinajstić information content (AvgIpc) is 3.27. The van der Waals surface area contributed by atoms with E-state index in [2.05, 4.69) is 10.3 Å². The quantitative estimate of drug-likeness (QED) is 0.677. The molecule has 3 aromatic rings. The Balaban J connectivity index is 1.26. The first-order valence-corrected chi connectivity index (χ1v) is 12.2. The third-order valence-electron chi connectivity index (χ3n) is 6.42. The highest BCUT2D eigenvalue weighted by atomic mass is 32.2. The van der Waals surface area contributed by atoms with E-state index >= 15 is 0 Å². The van der Waals surface area contributed by atoms with E-state index in [4.69, 9.17) is 0 Å². The number of aryl methyl sites for hydroxylation is 2. The van der Waals surface area contributed by atoms with Crippen molar-refractivity contribution in [3.8, 4) is 0 Å². The summed E-state index contributed by atoms with van der Waals surface area (Å²) >= 11 is 0. The van der Waals surface area contributed by atoms with Crippen LogP contribution in [0.1, 0.15) is 30.4 Å². The molecule has 1 N–H and O–H groups in total. The minimum absolute atomic E-state index is 0.0762. The van der Waals surface area contributed by atoms with Crippen molar-refractivity contribution in [3.63, 3.8) is 0 Å². The minimum Gasteiger partial charge on any atom is -0.324 e. The van der Waals surface area contributed by atoms with Crippen molar-refractivity contribution in [1.82, 2.24) is 9.29 Å². The summed E-state index contributed by atoms with van der Waals surface area (Å²) in [6.45, 7) is 0.705. The van der Waals surface area contributed by atoms with Crippen LogP contribution in [0.5, 0.6) is 0 Å². The number of sulfonamides is 1. The molecule has 1 aliphatic carbocycles. The number of nitrogens with one attached hydrogen (secondary N) is 1. The summed E-state index contributed by atoms with van der Waals surface area (Å²) in [5.74, 6) is -0.293. The number of fused-ring (bicyclic) bond motifs is 2. The molecule has 2 aromatic carbocycles. The number of piperidine rings is 1. The molecule has 0 saturated carbocycles. The summed E-state index contributed by atoms with van der Waals surface area (Å²) < 4.78 is 27.8. The molecule has 7 heteroatoms. The third kappa shape index (κ3) is 3.83. The number of anilines is 1. The second kappa shape index (κ2) is 8.05. The molecule has 5 rings (SSSR count). The maximum Gasteiger partial charge on any atom is 0.243 e. The third-order valence-corrected chi connectivity index (χ3v) is 8.32. The Labute approximate surface area is 182 Å². The molecule has 31 heavy (non-hydrogen) atoms. The van der Waals surface area contributed by atoms with Crippen LogP contribution in [0.25, 0.3) is 10.9 Å². The molecule has 0 spiro atoms. The monoisotopic (exact) mass is 435 g/mol.